The van der Waals surface area contributed by atoms with Gasteiger partial charge in [-0.15, -0.1) is 0 Å². The quantitative estimate of drug-likeness (QED) is 0.469. The molecule has 0 spiro atoms. The Labute approximate surface area is 195 Å². The van der Waals surface area contributed by atoms with E-state index in [9.17, 15) is 9.18 Å². The second kappa shape index (κ2) is 8.16. The van der Waals surface area contributed by atoms with Crippen molar-refractivity contribution in [3.63, 3.8) is 0 Å². The summed E-state index contributed by atoms with van der Waals surface area (Å²) in [5.74, 6) is 2.04. The highest BCUT2D eigenvalue weighted by molar-refractivity contribution is 5.92. The van der Waals surface area contributed by atoms with Crippen molar-refractivity contribution in [2.24, 2.45) is 23.7 Å². The van der Waals surface area contributed by atoms with Crippen LogP contribution < -0.4 is 10.1 Å². The second-order valence-corrected chi connectivity index (χ2v) is 9.11. The number of ether oxygens (including phenoxy) is 1. The Morgan fingerprint density at radius 1 is 1.18 bits per heavy atom. The Balaban J connectivity index is 1.05. The number of nitrogens with one attached hydrogen (secondary N) is 1. The smallest absolute Gasteiger partial charge is 0.228 e. The van der Waals surface area contributed by atoms with Gasteiger partial charge in [0.05, 0.1) is 23.5 Å². The van der Waals surface area contributed by atoms with E-state index in [4.69, 9.17) is 4.74 Å². The maximum atomic E-state index is 13.7. The summed E-state index contributed by atoms with van der Waals surface area (Å²) in [5.41, 5.74) is 1.49. The van der Waals surface area contributed by atoms with Gasteiger partial charge in [-0.3, -0.25) is 9.78 Å². The number of aromatic nitrogens is 5. The number of anilines is 1. The van der Waals surface area contributed by atoms with E-state index in [1.807, 2.05) is 13.0 Å². The zero-order chi connectivity index (χ0) is 23.2. The van der Waals surface area contributed by atoms with Gasteiger partial charge in [0.25, 0.3) is 0 Å². The fourth-order valence-electron chi connectivity index (χ4n) is 5.41. The molecule has 3 aromatic heterocycles. The van der Waals surface area contributed by atoms with Crippen LogP contribution in [0.4, 0.5) is 10.2 Å². The van der Waals surface area contributed by atoms with Crippen LogP contribution in [0.25, 0.3) is 16.6 Å². The molecule has 0 saturated heterocycles. The first-order valence-corrected chi connectivity index (χ1v) is 11.4. The minimum atomic E-state index is -0.304. The van der Waals surface area contributed by atoms with Crippen LogP contribution in [0.15, 0.2) is 61.4 Å². The summed E-state index contributed by atoms with van der Waals surface area (Å²) < 4.78 is 21.6. The lowest BCUT2D eigenvalue weighted by Gasteiger charge is -2.20. The highest BCUT2D eigenvalue weighted by atomic mass is 19.1. The van der Waals surface area contributed by atoms with Crippen LogP contribution in [-0.2, 0) is 4.79 Å². The molecule has 3 heterocycles. The van der Waals surface area contributed by atoms with Gasteiger partial charge in [-0.1, -0.05) is 6.92 Å². The number of pyridine rings is 2. The molecule has 34 heavy (non-hydrogen) atoms. The second-order valence-electron chi connectivity index (χ2n) is 9.11. The average molecular weight is 458 g/mol. The standard InChI is InChI=1S/C25H23FN6O2/c1-14(25(33)31-23-5-3-16(11-29-23)32-13-27-12-30-32)24-18-9-17(10-19(18)24)34-22-6-7-28-21-4-2-15(26)8-20(21)22/h2-8,11-14,17-19,24H,9-10H2,1H3,(H,29,31,33)/t14?,17-,18+,19-,24-. The molecule has 6 rings (SSSR count). The van der Waals surface area contributed by atoms with Gasteiger partial charge < -0.3 is 10.1 Å². The van der Waals surface area contributed by atoms with Crippen LogP contribution in [0, 0.1) is 29.5 Å². The molecule has 9 heteroatoms. The predicted molar refractivity (Wildman–Crippen MR) is 123 cm³/mol. The number of benzene rings is 1. The predicted octanol–water partition coefficient (Wildman–Crippen LogP) is 4.03. The summed E-state index contributed by atoms with van der Waals surface area (Å²) in [6.07, 6.45) is 8.26. The Morgan fingerprint density at radius 3 is 2.76 bits per heavy atom. The van der Waals surface area contributed by atoms with Crippen LogP contribution in [0.3, 0.4) is 0 Å². The lowest BCUT2D eigenvalue weighted by atomic mass is 9.97. The molecule has 2 aliphatic rings. The third-order valence-corrected chi connectivity index (χ3v) is 7.10. The summed E-state index contributed by atoms with van der Waals surface area (Å²) >= 11 is 0. The number of carbonyl (C=O) groups is 1. The van der Waals surface area contributed by atoms with Crippen molar-refractivity contribution in [3.8, 4) is 11.4 Å². The van der Waals surface area contributed by atoms with Crippen molar-refractivity contribution >= 4 is 22.6 Å². The van der Waals surface area contributed by atoms with E-state index >= 15 is 0 Å². The molecule has 1 unspecified atom stereocenters. The molecule has 172 valence electrons. The normalized spacial score (nSPS) is 23.9. The van der Waals surface area contributed by atoms with Gasteiger partial charge in [0.15, 0.2) is 0 Å². The summed E-state index contributed by atoms with van der Waals surface area (Å²) in [4.78, 5) is 25.4. The molecule has 4 aromatic rings. The average Bonchev–Trinajstić information content (AvgIpc) is 3.21. The van der Waals surface area contributed by atoms with Crippen molar-refractivity contribution in [1.29, 1.82) is 0 Å². The van der Waals surface area contributed by atoms with E-state index in [-0.39, 0.29) is 23.7 Å². The molecule has 1 N–H and O–H groups in total. The fourth-order valence-corrected chi connectivity index (χ4v) is 5.41. The minimum Gasteiger partial charge on any atom is -0.490 e. The molecule has 5 atom stereocenters. The zero-order valence-corrected chi connectivity index (χ0v) is 18.5. The highest BCUT2D eigenvalue weighted by Crippen LogP contribution is 2.61. The van der Waals surface area contributed by atoms with E-state index in [1.54, 1.807) is 41.6 Å². The molecule has 1 amide bonds. The van der Waals surface area contributed by atoms with Crippen LogP contribution in [0.2, 0.25) is 0 Å². The number of amides is 1. The maximum absolute atomic E-state index is 13.7. The molecular formula is C25H23FN6O2. The van der Waals surface area contributed by atoms with Crippen molar-refractivity contribution in [2.75, 3.05) is 5.32 Å². The first kappa shape index (κ1) is 20.7. The topological polar surface area (TPSA) is 94.8 Å². The largest absolute Gasteiger partial charge is 0.490 e. The summed E-state index contributed by atoms with van der Waals surface area (Å²) in [5, 5.41) is 7.69. The zero-order valence-electron chi connectivity index (χ0n) is 18.5. The van der Waals surface area contributed by atoms with Crippen molar-refractivity contribution in [2.45, 2.75) is 25.9 Å². The van der Waals surface area contributed by atoms with Gasteiger partial charge in [-0.25, -0.2) is 19.0 Å². The van der Waals surface area contributed by atoms with Crippen LogP contribution in [0.1, 0.15) is 19.8 Å². The summed E-state index contributed by atoms with van der Waals surface area (Å²) in [6, 6.07) is 9.93. The molecule has 0 bridgehead atoms. The van der Waals surface area contributed by atoms with Crippen molar-refractivity contribution in [1.82, 2.24) is 24.7 Å². The van der Waals surface area contributed by atoms with Gasteiger partial charge >= 0.3 is 0 Å². The SMILES string of the molecule is CC(C(=O)Nc1ccc(-n2cncn2)cn1)[C@H]1[C@@H]2C[C@H](Oc3ccnc4ccc(F)cc34)C[C@@H]21. The van der Waals surface area contributed by atoms with Crippen LogP contribution >= 0.6 is 0 Å². The molecule has 2 aliphatic carbocycles. The summed E-state index contributed by atoms with van der Waals surface area (Å²) in [6.45, 7) is 1.98. The Hall–Kier alpha value is -3.88. The Kier molecular flexibility index (Phi) is 4.97. The van der Waals surface area contributed by atoms with Gasteiger partial charge in [0.1, 0.15) is 30.0 Å². The number of fused-ring (bicyclic) bond motifs is 2. The molecule has 2 fully saturated rings. The van der Waals surface area contributed by atoms with E-state index in [0.717, 1.165) is 18.5 Å². The van der Waals surface area contributed by atoms with E-state index < -0.39 is 0 Å². The van der Waals surface area contributed by atoms with E-state index in [0.29, 0.717) is 40.2 Å². The number of rotatable bonds is 6. The van der Waals surface area contributed by atoms with Gasteiger partial charge in [-0.2, -0.15) is 5.10 Å². The maximum Gasteiger partial charge on any atom is 0.228 e. The third kappa shape index (κ3) is 3.76. The van der Waals surface area contributed by atoms with Crippen LogP contribution in [0.5, 0.6) is 5.75 Å². The Bertz CT molecular complexity index is 1330. The molecule has 8 nitrogen and oxygen atoms in total. The van der Waals surface area contributed by atoms with Crippen molar-refractivity contribution < 1.29 is 13.9 Å². The first-order valence-electron chi connectivity index (χ1n) is 11.4. The number of carbonyl (C=O) groups excluding carboxylic acids is 1. The Morgan fingerprint density at radius 2 is 2.03 bits per heavy atom. The molecule has 0 radical (unpaired) electrons. The number of hydrogen-bond donors (Lipinski definition) is 1. The molecule has 1 aromatic carbocycles. The van der Waals surface area contributed by atoms with E-state index in [2.05, 4.69) is 25.4 Å². The number of halogens is 1. The monoisotopic (exact) mass is 458 g/mol. The minimum absolute atomic E-state index is 0.0199. The van der Waals surface area contributed by atoms with Gasteiger partial charge in [-0.05, 0) is 67.0 Å². The van der Waals surface area contributed by atoms with Crippen LogP contribution in [-0.4, -0.2) is 36.7 Å². The lowest BCUT2D eigenvalue weighted by molar-refractivity contribution is -0.120. The lowest BCUT2D eigenvalue weighted by Crippen LogP contribution is -2.26. The molecular weight excluding hydrogens is 435 g/mol. The fraction of sp³-hybridized carbons (Fsp3) is 0.320. The molecule has 2 saturated carbocycles. The highest BCUT2D eigenvalue weighted by Gasteiger charge is 2.59. The first-order chi connectivity index (χ1) is 16.6. The summed E-state index contributed by atoms with van der Waals surface area (Å²) in [7, 11) is 0. The van der Waals surface area contributed by atoms with Gasteiger partial charge in [0.2, 0.25) is 5.91 Å². The van der Waals surface area contributed by atoms with Crippen molar-refractivity contribution in [3.05, 3.63) is 67.3 Å². The third-order valence-electron chi connectivity index (χ3n) is 7.10. The van der Waals surface area contributed by atoms with Gasteiger partial charge in [0, 0.05) is 17.5 Å². The molecule has 0 aliphatic heterocycles. The van der Waals surface area contributed by atoms with E-state index in [1.165, 1.54) is 18.5 Å². The number of hydrogen-bond acceptors (Lipinski definition) is 6. The number of nitrogens with zero attached hydrogens (tertiary/aromatic N) is 5.